The molecular formula is C16H19N3. The maximum Gasteiger partial charge on any atom is 0.131 e. The van der Waals surface area contributed by atoms with Crippen molar-refractivity contribution < 1.29 is 0 Å². The second-order valence-electron chi connectivity index (χ2n) is 5.59. The molecule has 0 spiro atoms. The van der Waals surface area contributed by atoms with Crippen LogP contribution in [0.5, 0.6) is 0 Å². The van der Waals surface area contributed by atoms with E-state index in [0.717, 1.165) is 17.1 Å². The van der Waals surface area contributed by atoms with E-state index in [-0.39, 0.29) is 0 Å². The van der Waals surface area contributed by atoms with E-state index in [4.69, 9.17) is 0 Å². The van der Waals surface area contributed by atoms with Crippen LogP contribution in [-0.4, -0.2) is 15.0 Å². The Morgan fingerprint density at radius 2 is 1.84 bits per heavy atom. The molecule has 19 heavy (non-hydrogen) atoms. The highest BCUT2D eigenvalue weighted by molar-refractivity contribution is 5.57. The molecule has 0 aromatic carbocycles. The summed E-state index contributed by atoms with van der Waals surface area (Å²) in [6.45, 7) is 4.38. The molecule has 1 aliphatic carbocycles. The summed E-state index contributed by atoms with van der Waals surface area (Å²) < 4.78 is 0. The van der Waals surface area contributed by atoms with Crippen LogP contribution in [0.15, 0.2) is 30.7 Å². The summed E-state index contributed by atoms with van der Waals surface area (Å²) in [5.41, 5.74) is 3.27. The van der Waals surface area contributed by atoms with Gasteiger partial charge >= 0.3 is 0 Å². The van der Waals surface area contributed by atoms with Crippen LogP contribution in [0.2, 0.25) is 0 Å². The third kappa shape index (κ3) is 2.50. The molecule has 1 saturated carbocycles. The van der Waals surface area contributed by atoms with E-state index in [2.05, 4.69) is 40.9 Å². The topological polar surface area (TPSA) is 38.7 Å². The van der Waals surface area contributed by atoms with Crippen LogP contribution in [0.3, 0.4) is 0 Å². The number of hydrogen-bond donors (Lipinski definition) is 0. The van der Waals surface area contributed by atoms with Crippen LogP contribution < -0.4 is 0 Å². The van der Waals surface area contributed by atoms with E-state index < -0.39 is 0 Å². The second kappa shape index (κ2) is 5.08. The molecule has 2 aromatic rings. The van der Waals surface area contributed by atoms with Gasteiger partial charge in [0, 0.05) is 30.1 Å². The monoisotopic (exact) mass is 253 g/mol. The number of rotatable bonds is 3. The maximum atomic E-state index is 4.50. The molecule has 0 atom stereocenters. The van der Waals surface area contributed by atoms with E-state index >= 15 is 0 Å². The van der Waals surface area contributed by atoms with Gasteiger partial charge in [0.05, 0.1) is 5.69 Å². The Morgan fingerprint density at radius 3 is 2.42 bits per heavy atom. The predicted octanol–water partition coefficient (Wildman–Crippen LogP) is 3.93. The summed E-state index contributed by atoms with van der Waals surface area (Å²) in [7, 11) is 0. The second-order valence-corrected chi connectivity index (χ2v) is 5.59. The van der Waals surface area contributed by atoms with E-state index in [1.807, 2.05) is 18.6 Å². The van der Waals surface area contributed by atoms with Gasteiger partial charge in [-0.25, -0.2) is 9.97 Å². The molecule has 2 heterocycles. The quantitative estimate of drug-likeness (QED) is 0.832. The Balaban J connectivity index is 1.87. The highest BCUT2D eigenvalue weighted by atomic mass is 14.9. The minimum atomic E-state index is 0.511. The normalized spacial score (nSPS) is 15.5. The van der Waals surface area contributed by atoms with Crippen molar-refractivity contribution in [1.29, 1.82) is 0 Å². The number of nitrogens with zero attached hydrogens (tertiary/aromatic N) is 3. The smallest absolute Gasteiger partial charge is 0.131 e. The summed E-state index contributed by atoms with van der Waals surface area (Å²) in [6, 6.07) is 4.20. The van der Waals surface area contributed by atoms with Crippen molar-refractivity contribution in [2.24, 2.45) is 0 Å². The zero-order valence-corrected chi connectivity index (χ0v) is 11.5. The molecule has 3 nitrogen and oxygen atoms in total. The molecule has 2 aromatic heterocycles. The zero-order chi connectivity index (χ0) is 13.2. The Labute approximate surface area is 114 Å². The Kier molecular flexibility index (Phi) is 3.28. The fourth-order valence-electron chi connectivity index (χ4n) is 2.31. The fraction of sp³-hybridized carbons (Fsp3) is 0.438. The minimum absolute atomic E-state index is 0.511. The van der Waals surface area contributed by atoms with Crippen molar-refractivity contribution in [3.63, 3.8) is 0 Å². The van der Waals surface area contributed by atoms with Gasteiger partial charge in [0.1, 0.15) is 5.82 Å². The van der Waals surface area contributed by atoms with Gasteiger partial charge in [0.2, 0.25) is 0 Å². The summed E-state index contributed by atoms with van der Waals surface area (Å²) >= 11 is 0. The lowest BCUT2D eigenvalue weighted by molar-refractivity contribution is 0.401. The van der Waals surface area contributed by atoms with Crippen molar-refractivity contribution in [3.8, 4) is 11.3 Å². The summed E-state index contributed by atoms with van der Waals surface area (Å²) in [6.07, 6.45) is 9.47. The largest absolute Gasteiger partial charge is 0.256 e. The molecule has 0 amide bonds. The van der Waals surface area contributed by atoms with Crippen LogP contribution >= 0.6 is 0 Å². The van der Waals surface area contributed by atoms with Gasteiger partial charge in [0.15, 0.2) is 0 Å². The molecular weight excluding hydrogens is 234 g/mol. The van der Waals surface area contributed by atoms with E-state index in [1.54, 1.807) is 0 Å². The Hall–Kier alpha value is -1.77. The molecule has 0 radical (unpaired) electrons. The zero-order valence-electron chi connectivity index (χ0n) is 11.5. The molecule has 0 N–H and O–H groups in total. The first-order valence-electron chi connectivity index (χ1n) is 7.02. The number of aromatic nitrogens is 3. The van der Waals surface area contributed by atoms with Gasteiger partial charge in [-0.2, -0.15) is 0 Å². The first-order valence-corrected chi connectivity index (χ1v) is 7.02. The average molecular weight is 253 g/mol. The van der Waals surface area contributed by atoms with Gasteiger partial charge in [-0.1, -0.05) is 20.3 Å². The van der Waals surface area contributed by atoms with Gasteiger partial charge in [-0.3, -0.25) is 4.98 Å². The highest BCUT2D eigenvalue weighted by Gasteiger charge is 2.21. The van der Waals surface area contributed by atoms with E-state index in [0.29, 0.717) is 11.8 Å². The fourth-order valence-corrected chi connectivity index (χ4v) is 2.31. The Morgan fingerprint density at radius 1 is 1.11 bits per heavy atom. The minimum Gasteiger partial charge on any atom is -0.256 e. The molecule has 98 valence electrons. The highest BCUT2D eigenvalue weighted by Crippen LogP contribution is 2.34. The Bertz CT molecular complexity index is 556. The molecule has 3 heteroatoms. The summed E-state index contributed by atoms with van der Waals surface area (Å²) in [5, 5.41) is 0. The number of pyridine rings is 1. The van der Waals surface area contributed by atoms with Crippen molar-refractivity contribution in [3.05, 3.63) is 42.1 Å². The number of hydrogen-bond acceptors (Lipinski definition) is 3. The van der Waals surface area contributed by atoms with E-state index in [9.17, 15) is 0 Å². The van der Waals surface area contributed by atoms with Crippen molar-refractivity contribution in [2.45, 2.75) is 44.9 Å². The standard InChI is InChI=1S/C16H19N3/c1-11(2)13-6-7-17-15(8-13)14-9-18-16(19-10-14)12-4-3-5-12/h6-12H,3-5H2,1-2H3. The van der Waals surface area contributed by atoms with E-state index in [1.165, 1.54) is 24.8 Å². The third-order valence-corrected chi connectivity index (χ3v) is 3.89. The average Bonchev–Trinajstić information content (AvgIpc) is 2.38. The maximum absolute atomic E-state index is 4.50. The lowest BCUT2D eigenvalue weighted by Crippen LogP contribution is -2.12. The predicted molar refractivity (Wildman–Crippen MR) is 75.9 cm³/mol. The first kappa shape index (κ1) is 12.3. The van der Waals surface area contributed by atoms with Gasteiger partial charge in [-0.05, 0) is 36.5 Å². The van der Waals surface area contributed by atoms with Crippen molar-refractivity contribution in [1.82, 2.24) is 15.0 Å². The lowest BCUT2D eigenvalue weighted by atomic mass is 9.85. The molecule has 0 aliphatic heterocycles. The van der Waals surface area contributed by atoms with Gasteiger partial charge in [-0.15, -0.1) is 0 Å². The third-order valence-electron chi connectivity index (χ3n) is 3.89. The molecule has 1 aliphatic rings. The molecule has 3 rings (SSSR count). The van der Waals surface area contributed by atoms with Gasteiger partial charge < -0.3 is 0 Å². The molecule has 0 unspecified atom stereocenters. The molecule has 0 bridgehead atoms. The van der Waals surface area contributed by atoms with Gasteiger partial charge in [0.25, 0.3) is 0 Å². The van der Waals surface area contributed by atoms with Crippen LogP contribution in [0, 0.1) is 0 Å². The van der Waals surface area contributed by atoms with Crippen molar-refractivity contribution >= 4 is 0 Å². The molecule has 1 fully saturated rings. The van der Waals surface area contributed by atoms with Crippen LogP contribution in [0.25, 0.3) is 11.3 Å². The molecule has 0 saturated heterocycles. The first-order chi connectivity index (χ1) is 9.24. The van der Waals surface area contributed by atoms with Crippen molar-refractivity contribution in [2.75, 3.05) is 0 Å². The lowest BCUT2D eigenvalue weighted by Gasteiger charge is -2.23. The summed E-state index contributed by atoms with van der Waals surface area (Å²) in [4.78, 5) is 13.4. The van der Waals surface area contributed by atoms with Crippen LogP contribution in [0.4, 0.5) is 0 Å². The van der Waals surface area contributed by atoms with Crippen LogP contribution in [-0.2, 0) is 0 Å². The SMILES string of the molecule is CC(C)c1ccnc(-c2cnc(C3CCC3)nc2)c1. The summed E-state index contributed by atoms with van der Waals surface area (Å²) in [5.74, 6) is 2.09. The van der Waals surface area contributed by atoms with Crippen LogP contribution in [0.1, 0.15) is 56.3 Å².